The second-order valence-corrected chi connectivity index (χ2v) is 6.69. The van der Waals surface area contributed by atoms with Crippen molar-refractivity contribution in [3.05, 3.63) is 29.8 Å². The predicted molar refractivity (Wildman–Crippen MR) is 80.6 cm³/mol. The lowest BCUT2D eigenvalue weighted by atomic mass is 9.87. The van der Waals surface area contributed by atoms with Gasteiger partial charge in [-0.1, -0.05) is 0 Å². The summed E-state index contributed by atoms with van der Waals surface area (Å²) in [6.45, 7) is 4.53. The highest BCUT2D eigenvalue weighted by molar-refractivity contribution is 5.78. The Labute approximate surface area is 138 Å². The number of carbonyl (C=O) groups excluding carboxylic acids is 1. The van der Waals surface area contributed by atoms with Crippen LogP contribution in [0.4, 0.5) is 13.2 Å². The molecule has 132 valence electrons. The van der Waals surface area contributed by atoms with E-state index in [9.17, 15) is 18.0 Å². The maximum Gasteiger partial charge on any atom is 0.416 e. The SMILES string of the molecule is CC1CC2(CO2)CC(C)N1C(=O)COc1ccc(C(F)(F)F)cc1. The topological polar surface area (TPSA) is 42.1 Å². The number of hydrogen-bond acceptors (Lipinski definition) is 3. The van der Waals surface area contributed by atoms with Crippen molar-refractivity contribution in [1.29, 1.82) is 0 Å². The number of rotatable bonds is 3. The van der Waals surface area contributed by atoms with E-state index in [1.807, 2.05) is 13.8 Å². The fourth-order valence-electron chi connectivity index (χ4n) is 3.58. The lowest BCUT2D eigenvalue weighted by Crippen LogP contribution is -2.53. The zero-order chi connectivity index (χ0) is 17.5. The molecule has 4 nitrogen and oxygen atoms in total. The summed E-state index contributed by atoms with van der Waals surface area (Å²) >= 11 is 0. The highest BCUT2D eigenvalue weighted by Crippen LogP contribution is 2.43. The number of carbonyl (C=O) groups is 1. The number of halogens is 3. The van der Waals surface area contributed by atoms with E-state index in [0.717, 1.165) is 31.6 Å². The minimum Gasteiger partial charge on any atom is -0.484 e. The number of benzene rings is 1. The van der Waals surface area contributed by atoms with E-state index in [4.69, 9.17) is 9.47 Å². The molecule has 2 unspecified atom stereocenters. The molecule has 0 aromatic heterocycles. The van der Waals surface area contributed by atoms with Crippen LogP contribution in [0.5, 0.6) is 5.75 Å². The molecule has 0 saturated carbocycles. The van der Waals surface area contributed by atoms with Gasteiger partial charge in [-0.15, -0.1) is 0 Å². The normalized spacial score (nSPS) is 29.6. The van der Waals surface area contributed by atoms with Gasteiger partial charge in [-0.2, -0.15) is 13.2 Å². The first-order valence-corrected chi connectivity index (χ1v) is 7.95. The van der Waals surface area contributed by atoms with Crippen LogP contribution in [0.1, 0.15) is 32.3 Å². The summed E-state index contributed by atoms with van der Waals surface area (Å²) in [6.07, 6.45) is -2.76. The fraction of sp³-hybridized carbons (Fsp3) is 0.588. The first-order valence-electron chi connectivity index (χ1n) is 7.95. The molecule has 2 fully saturated rings. The molecule has 0 bridgehead atoms. The van der Waals surface area contributed by atoms with Gasteiger partial charge in [-0.05, 0) is 51.0 Å². The van der Waals surface area contributed by atoms with Crippen LogP contribution in [0.3, 0.4) is 0 Å². The van der Waals surface area contributed by atoms with Gasteiger partial charge in [-0.3, -0.25) is 4.79 Å². The monoisotopic (exact) mass is 343 g/mol. The van der Waals surface area contributed by atoms with Gasteiger partial charge in [-0.25, -0.2) is 0 Å². The van der Waals surface area contributed by atoms with Gasteiger partial charge in [0.15, 0.2) is 6.61 Å². The average Bonchev–Trinajstić information content (AvgIpc) is 3.22. The molecular formula is C17H20F3NO3. The third-order valence-electron chi connectivity index (χ3n) is 4.67. The van der Waals surface area contributed by atoms with Crippen LogP contribution in [0, 0.1) is 0 Å². The highest BCUT2D eigenvalue weighted by Gasteiger charge is 2.52. The van der Waals surface area contributed by atoms with Crippen LogP contribution in [0.2, 0.25) is 0 Å². The van der Waals surface area contributed by atoms with E-state index in [0.29, 0.717) is 0 Å². The molecule has 0 aliphatic carbocycles. The Bertz CT molecular complexity index is 597. The number of nitrogens with zero attached hydrogens (tertiary/aromatic N) is 1. The Morgan fingerprint density at radius 1 is 1.25 bits per heavy atom. The van der Waals surface area contributed by atoms with Crippen molar-refractivity contribution in [2.24, 2.45) is 0 Å². The van der Waals surface area contributed by atoms with E-state index in [1.54, 1.807) is 4.90 Å². The Morgan fingerprint density at radius 2 is 1.79 bits per heavy atom. The molecule has 7 heteroatoms. The summed E-state index contributed by atoms with van der Waals surface area (Å²) in [4.78, 5) is 14.2. The van der Waals surface area contributed by atoms with Crippen LogP contribution in [-0.4, -0.2) is 41.7 Å². The molecule has 2 aliphatic rings. The van der Waals surface area contributed by atoms with Crippen molar-refractivity contribution in [1.82, 2.24) is 4.90 Å². The quantitative estimate of drug-likeness (QED) is 0.791. The summed E-state index contributed by atoms with van der Waals surface area (Å²) in [5.74, 6) is 0.0843. The van der Waals surface area contributed by atoms with E-state index >= 15 is 0 Å². The summed E-state index contributed by atoms with van der Waals surface area (Å²) in [7, 11) is 0. The molecule has 2 saturated heterocycles. The van der Waals surface area contributed by atoms with E-state index in [1.165, 1.54) is 12.1 Å². The van der Waals surface area contributed by atoms with Gasteiger partial charge in [0.2, 0.25) is 0 Å². The molecule has 1 aromatic carbocycles. The molecule has 1 aromatic rings. The zero-order valence-electron chi connectivity index (χ0n) is 13.6. The first kappa shape index (κ1) is 17.1. The number of ether oxygens (including phenoxy) is 2. The molecule has 2 aliphatic heterocycles. The number of piperidine rings is 1. The largest absolute Gasteiger partial charge is 0.484 e. The van der Waals surface area contributed by atoms with Crippen LogP contribution in [0.25, 0.3) is 0 Å². The number of likely N-dealkylation sites (tertiary alicyclic amines) is 1. The van der Waals surface area contributed by atoms with Crippen molar-refractivity contribution in [2.45, 2.75) is 50.6 Å². The molecule has 0 radical (unpaired) electrons. The number of amides is 1. The maximum absolute atomic E-state index is 12.5. The predicted octanol–water partition coefficient (Wildman–Crippen LogP) is 3.25. The van der Waals surface area contributed by atoms with Crippen LogP contribution < -0.4 is 4.74 Å². The molecule has 3 rings (SSSR count). The minimum absolute atomic E-state index is 0.0517. The Hall–Kier alpha value is -1.76. The van der Waals surface area contributed by atoms with E-state index in [-0.39, 0.29) is 35.9 Å². The van der Waals surface area contributed by atoms with Crippen molar-refractivity contribution in [3.8, 4) is 5.75 Å². The average molecular weight is 343 g/mol. The third kappa shape index (κ3) is 3.50. The van der Waals surface area contributed by atoms with E-state index < -0.39 is 11.7 Å². The van der Waals surface area contributed by atoms with Gasteiger partial charge < -0.3 is 14.4 Å². The van der Waals surface area contributed by atoms with Gasteiger partial charge in [0.1, 0.15) is 5.75 Å². The first-order chi connectivity index (χ1) is 11.2. The van der Waals surface area contributed by atoms with Crippen molar-refractivity contribution in [3.63, 3.8) is 0 Å². The standard InChI is InChI=1S/C17H20F3NO3/c1-11-7-16(10-24-16)8-12(2)21(11)15(22)9-23-14-5-3-13(4-6-14)17(18,19)20/h3-6,11-12H,7-10H2,1-2H3. The molecule has 0 N–H and O–H groups in total. The van der Waals surface area contributed by atoms with Crippen LogP contribution >= 0.6 is 0 Å². The highest BCUT2D eigenvalue weighted by atomic mass is 19.4. The van der Waals surface area contributed by atoms with Gasteiger partial charge >= 0.3 is 6.18 Å². The fourth-order valence-corrected chi connectivity index (χ4v) is 3.58. The van der Waals surface area contributed by atoms with Crippen LogP contribution in [-0.2, 0) is 15.7 Å². The number of alkyl halides is 3. The van der Waals surface area contributed by atoms with Crippen molar-refractivity contribution < 1.29 is 27.4 Å². The molecule has 1 spiro atoms. The molecular weight excluding hydrogens is 323 g/mol. The molecule has 2 heterocycles. The minimum atomic E-state index is -4.38. The van der Waals surface area contributed by atoms with Gasteiger partial charge in [0.05, 0.1) is 17.8 Å². The third-order valence-corrected chi connectivity index (χ3v) is 4.67. The van der Waals surface area contributed by atoms with Crippen LogP contribution in [0.15, 0.2) is 24.3 Å². The van der Waals surface area contributed by atoms with Gasteiger partial charge in [0, 0.05) is 12.1 Å². The lowest BCUT2D eigenvalue weighted by molar-refractivity contribution is -0.141. The Balaban J connectivity index is 1.57. The van der Waals surface area contributed by atoms with E-state index in [2.05, 4.69) is 0 Å². The second-order valence-electron chi connectivity index (χ2n) is 6.69. The summed E-state index contributed by atoms with van der Waals surface area (Å²) in [5, 5.41) is 0. The number of hydrogen-bond donors (Lipinski definition) is 0. The summed E-state index contributed by atoms with van der Waals surface area (Å²) < 4.78 is 48.4. The summed E-state index contributed by atoms with van der Waals surface area (Å²) in [6, 6.07) is 4.46. The smallest absolute Gasteiger partial charge is 0.416 e. The Morgan fingerprint density at radius 3 is 2.25 bits per heavy atom. The maximum atomic E-state index is 12.5. The Kier molecular flexibility index (Phi) is 4.23. The molecule has 2 atom stereocenters. The summed E-state index contributed by atoms with van der Waals surface area (Å²) in [5.41, 5.74) is -0.793. The van der Waals surface area contributed by atoms with Crippen molar-refractivity contribution in [2.75, 3.05) is 13.2 Å². The zero-order valence-corrected chi connectivity index (χ0v) is 13.6. The molecule has 1 amide bonds. The molecule has 24 heavy (non-hydrogen) atoms. The van der Waals surface area contributed by atoms with Gasteiger partial charge in [0.25, 0.3) is 5.91 Å². The lowest BCUT2D eigenvalue weighted by Gasteiger charge is -2.41. The second kappa shape index (κ2) is 5.95. The van der Waals surface area contributed by atoms with Crippen molar-refractivity contribution >= 4 is 5.91 Å². The number of epoxide rings is 1.